The van der Waals surface area contributed by atoms with Gasteiger partial charge in [0.2, 0.25) is 5.91 Å². The van der Waals surface area contributed by atoms with Gasteiger partial charge >= 0.3 is 0 Å². The molecule has 5 aromatic heterocycles. The number of pyridine rings is 3. The Bertz CT molecular complexity index is 2140. The number of fused-ring (bicyclic) bond motifs is 2. The zero-order valence-corrected chi connectivity index (χ0v) is 25.2. The Balaban J connectivity index is 1.36. The molecule has 6 rings (SSSR count). The molecule has 0 radical (unpaired) electrons. The van der Waals surface area contributed by atoms with E-state index in [1.165, 1.54) is 12.1 Å². The first kappa shape index (κ1) is 29.1. The summed E-state index contributed by atoms with van der Waals surface area (Å²) in [4.78, 5) is 29.1. The maximum atomic E-state index is 14.6. The highest BCUT2D eigenvalue weighted by molar-refractivity contribution is 7.90. The molecular formula is C32H30FN7O3S. The van der Waals surface area contributed by atoms with Crippen molar-refractivity contribution in [2.75, 3.05) is 17.3 Å². The van der Waals surface area contributed by atoms with Crippen molar-refractivity contribution in [1.29, 1.82) is 0 Å². The van der Waals surface area contributed by atoms with E-state index in [1.54, 1.807) is 30.9 Å². The molecule has 6 aromatic rings. The molecule has 5 heterocycles. The van der Waals surface area contributed by atoms with E-state index in [-0.39, 0.29) is 24.0 Å². The van der Waals surface area contributed by atoms with E-state index in [0.717, 1.165) is 39.4 Å². The number of halogens is 1. The quantitative estimate of drug-likeness (QED) is 0.183. The molecule has 0 fully saturated rings. The molecule has 44 heavy (non-hydrogen) atoms. The summed E-state index contributed by atoms with van der Waals surface area (Å²) in [5.74, 6) is -0.359. The summed E-state index contributed by atoms with van der Waals surface area (Å²) in [6, 6.07) is 12.1. The smallest absolute Gasteiger partial charge is 0.224 e. The number of carbonyl (C=O) groups excluding carboxylic acids is 1. The van der Waals surface area contributed by atoms with E-state index >= 15 is 0 Å². The normalized spacial score (nSPS) is 11.9. The molecule has 0 atom stereocenters. The van der Waals surface area contributed by atoms with Gasteiger partial charge < -0.3 is 10.3 Å². The minimum Gasteiger partial charge on any atom is -0.353 e. The van der Waals surface area contributed by atoms with E-state index in [0.29, 0.717) is 40.3 Å². The highest BCUT2D eigenvalue weighted by Gasteiger charge is 2.17. The van der Waals surface area contributed by atoms with E-state index in [1.807, 2.05) is 38.1 Å². The molecule has 0 spiro atoms. The van der Waals surface area contributed by atoms with Gasteiger partial charge in [-0.2, -0.15) is 5.10 Å². The fourth-order valence-electron chi connectivity index (χ4n) is 5.17. The molecule has 1 amide bonds. The maximum absolute atomic E-state index is 14.6. The maximum Gasteiger partial charge on any atom is 0.224 e. The van der Waals surface area contributed by atoms with Crippen LogP contribution in [0.4, 0.5) is 10.1 Å². The molecule has 0 saturated carbocycles. The van der Waals surface area contributed by atoms with Crippen molar-refractivity contribution in [2.24, 2.45) is 5.92 Å². The number of sulfone groups is 1. The molecule has 0 aliphatic rings. The van der Waals surface area contributed by atoms with Crippen LogP contribution in [0, 0.1) is 11.7 Å². The lowest BCUT2D eigenvalue weighted by atomic mass is 10.0. The second-order valence-electron chi connectivity index (χ2n) is 11.3. The number of H-pyrrole nitrogens is 2. The number of aromatic nitrogens is 6. The summed E-state index contributed by atoms with van der Waals surface area (Å²) < 4.78 is 38.0. The Morgan fingerprint density at radius 1 is 0.977 bits per heavy atom. The minimum atomic E-state index is -3.20. The lowest BCUT2D eigenvalue weighted by Gasteiger charge is -2.08. The van der Waals surface area contributed by atoms with Crippen molar-refractivity contribution in [3.63, 3.8) is 0 Å². The fourth-order valence-corrected chi connectivity index (χ4v) is 5.77. The van der Waals surface area contributed by atoms with Crippen LogP contribution in [0.15, 0.2) is 67.3 Å². The second-order valence-corrected chi connectivity index (χ2v) is 13.6. The standard InChI is InChI=1S/C32H30FN7O3S/c1-18(2)8-29(41)37-24-12-21(15-34-17-24)22-13-26-31(39-40-32(26)36-16-22)28-14-25-27(38-28)4-6-35-30(25)20-9-19(10-23(33)11-20)5-7-44(3,42)43/h4,6,9-18,38H,5,7-8H2,1-3H3,(H,37,41)(H,36,39,40). The third kappa shape index (κ3) is 6.35. The van der Waals surface area contributed by atoms with Crippen LogP contribution < -0.4 is 5.32 Å². The number of nitrogens with one attached hydrogen (secondary N) is 3. The summed E-state index contributed by atoms with van der Waals surface area (Å²) in [5, 5.41) is 11.9. The summed E-state index contributed by atoms with van der Waals surface area (Å²) in [5.41, 5.74) is 6.64. The summed E-state index contributed by atoms with van der Waals surface area (Å²) >= 11 is 0. The predicted octanol–water partition coefficient (Wildman–Crippen LogP) is 5.94. The van der Waals surface area contributed by atoms with Gasteiger partial charge in [0.1, 0.15) is 15.7 Å². The van der Waals surface area contributed by atoms with Gasteiger partial charge in [0.05, 0.1) is 34.7 Å². The molecular weight excluding hydrogens is 581 g/mol. The number of aryl methyl sites for hydroxylation is 1. The van der Waals surface area contributed by atoms with E-state index in [9.17, 15) is 17.6 Å². The van der Waals surface area contributed by atoms with Crippen molar-refractivity contribution in [3.05, 3.63) is 78.6 Å². The third-order valence-corrected chi connectivity index (χ3v) is 8.11. The molecule has 0 aliphatic heterocycles. The van der Waals surface area contributed by atoms with Crippen LogP contribution in [-0.4, -0.2) is 56.5 Å². The summed E-state index contributed by atoms with van der Waals surface area (Å²) in [6.45, 7) is 3.98. The molecule has 3 N–H and O–H groups in total. The monoisotopic (exact) mass is 611 g/mol. The van der Waals surface area contributed by atoms with Gasteiger partial charge in [-0.1, -0.05) is 13.8 Å². The van der Waals surface area contributed by atoms with Crippen LogP contribution in [0.3, 0.4) is 0 Å². The third-order valence-electron chi connectivity index (χ3n) is 7.17. The number of rotatable bonds is 9. The van der Waals surface area contributed by atoms with Crippen LogP contribution in [0.5, 0.6) is 0 Å². The number of hydrogen-bond acceptors (Lipinski definition) is 7. The molecule has 12 heteroatoms. The van der Waals surface area contributed by atoms with Crippen LogP contribution in [0.25, 0.3) is 55.7 Å². The molecule has 0 aliphatic carbocycles. The van der Waals surface area contributed by atoms with Gasteiger partial charge in [0.25, 0.3) is 0 Å². The molecule has 224 valence electrons. The van der Waals surface area contributed by atoms with E-state index < -0.39 is 15.7 Å². The molecule has 0 unspecified atom stereocenters. The number of benzene rings is 1. The SMILES string of the molecule is CC(C)CC(=O)Nc1cncc(-c2cnc3n[nH]c(-c4cc5c(-c6cc(F)cc(CCS(C)(=O)=O)c6)nccc5[nH]4)c3c2)c1. The van der Waals surface area contributed by atoms with Crippen molar-refractivity contribution in [3.8, 4) is 33.8 Å². The van der Waals surface area contributed by atoms with Crippen molar-refractivity contribution < 1.29 is 17.6 Å². The number of amides is 1. The Morgan fingerprint density at radius 2 is 1.80 bits per heavy atom. The van der Waals surface area contributed by atoms with Crippen molar-refractivity contribution in [2.45, 2.75) is 26.7 Å². The number of anilines is 1. The number of carbonyl (C=O) groups is 1. The van der Waals surface area contributed by atoms with E-state index in [2.05, 4.69) is 35.5 Å². The molecule has 0 bridgehead atoms. The minimum absolute atomic E-state index is 0.0688. The highest BCUT2D eigenvalue weighted by atomic mass is 32.2. The Labute approximate surface area is 253 Å². The number of aromatic amines is 2. The van der Waals surface area contributed by atoms with Gasteiger partial charge in [-0.3, -0.25) is 19.9 Å². The molecule has 1 aromatic carbocycles. The summed E-state index contributed by atoms with van der Waals surface area (Å²) in [6.07, 6.45) is 8.46. The van der Waals surface area contributed by atoms with Crippen molar-refractivity contribution >= 4 is 43.4 Å². The van der Waals surface area contributed by atoms with Crippen LogP contribution in [0.2, 0.25) is 0 Å². The summed E-state index contributed by atoms with van der Waals surface area (Å²) in [7, 11) is -3.20. The average molecular weight is 612 g/mol. The second kappa shape index (κ2) is 11.6. The van der Waals surface area contributed by atoms with Crippen LogP contribution >= 0.6 is 0 Å². The average Bonchev–Trinajstić information content (AvgIpc) is 3.59. The number of nitrogens with zero attached hydrogens (tertiary/aromatic N) is 4. The van der Waals surface area contributed by atoms with Crippen LogP contribution in [0.1, 0.15) is 25.8 Å². The first-order chi connectivity index (χ1) is 21.0. The van der Waals surface area contributed by atoms with Crippen LogP contribution in [-0.2, 0) is 21.1 Å². The Morgan fingerprint density at radius 3 is 2.59 bits per heavy atom. The van der Waals surface area contributed by atoms with Gasteiger partial charge in [0.15, 0.2) is 5.65 Å². The Kier molecular flexibility index (Phi) is 7.68. The zero-order chi connectivity index (χ0) is 31.0. The van der Waals surface area contributed by atoms with Gasteiger partial charge in [0, 0.05) is 64.2 Å². The Hall–Kier alpha value is -4.97. The fraction of sp³-hybridized carbons (Fsp3) is 0.219. The van der Waals surface area contributed by atoms with Gasteiger partial charge in [-0.25, -0.2) is 17.8 Å². The molecule has 10 nitrogen and oxygen atoms in total. The highest BCUT2D eigenvalue weighted by Crippen LogP contribution is 2.34. The molecule has 0 saturated heterocycles. The van der Waals surface area contributed by atoms with E-state index in [4.69, 9.17) is 0 Å². The predicted molar refractivity (Wildman–Crippen MR) is 169 cm³/mol. The first-order valence-corrected chi connectivity index (χ1v) is 16.1. The zero-order valence-electron chi connectivity index (χ0n) is 24.3. The first-order valence-electron chi connectivity index (χ1n) is 14.1. The largest absolute Gasteiger partial charge is 0.353 e. The van der Waals surface area contributed by atoms with Gasteiger partial charge in [-0.15, -0.1) is 0 Å². The lowest BCUT2D eigenvalue weighted by molar-refractivity contribution is -0.116. The number of hydrogen-bond donors (Lipinski definition) is 3. The topological polar surface area (TPSA) is 146 Å². The van der Waals surface area contributed by atoms with Crippen molar-refractivity contribution in [1.82, 2.24) is 30.1 Å². The lowest BCUT2D eigenvalue weighted by Crippen LogP contribution is -2.13. The van der Waals surface area contributed by atoms with Gasteiger partial charge in [-0.05, 0) is 60.4 Å².